The number of alkyl halides is 3. The van der Waals surface area contributed by atoms with Gasteiger partial charge in [0.15, 0.2) is 0 Å². The van der Waals surface area contributed by atoms with Crippen molar-refractivity contribution in [3.05, 3.63) is 21.6 Å². The first-order valence-corrected chi connectivity index (χ1v) is 6.58. The van der Waals surface area contributed by atoms with E-state index in [4.69, 9.17) is 17.3 Å². The summed E-state index contributed by atoms with van der Waals surface area (Å²) in [6.07, 6.45) is -3.38. The van der Waals surface area contributed by atoms with Gasteiger partial charge in [0.1, 0.15) is 11.6 Å². The monoisotopic (exact) mass is 326 g/mol. The molecule has 0 spiro atoms. The van der Waals surface area contributed by atoms with E-state index >= 15 is 0 Å². The number of hydrogen-bond donors (Lipinski definition) is 1. The van der Waals surface area contributed by atoms with Crippen LogP contribution in [0.4, 0.5) is 18.9 Å². The number of halogens is 4. The van der Waals surface area contributed by atoms with Gasteiger partial charge in [-0.15, -0.1) is 0 Å². The minimum absolute atomic E-state index is 0.237. The average Bonchev–Trinajstić information content (AvgIpc) is 2.33. The summed E-state index contributed by atoms with van der Waals surface area (Å²) in [5.41, 5.74) is 4.70. The molecule has 2 N–H and O–H groups in total. The third-order valence-corrected chi connectivity index (χ3v) is 3.28. The summed E-state index contributed by atoms with van der Waals surface area (Å²) >= 11 is 5.88. The predicted octanol–water partition coefficient (Wildman–Crippen LogP) is 1.88. The Morgan fingerprint density at radius 3 is 2.48 bits per heavy atom. The molecule has 0 aromatic carbocycles. The van der Waals surface area contributed by atoms with Crippen molar-refractivity contribution in [3.8, 4) is 0 Å². The van der Waals surface area contributed by atoms with Crippen LogP contribution in [0.5, 0.6) is 0 Å². The molecule has 0 fully saturated rings. The third kappa shape index (κ3) is 4.89. The topological polar surface area (TPSA) is 64.2 Å². The normalized spacial score (nSPS) is 12.6. The van der Waals surface area contributed by atoms with Crippen LogP contribution in [-0.4, -0.2) is 36.1 Å². The van der Waals surface area contributed by atoms with E-state index in [0.717, 1.165) is 6.20 Å². The van der Waals surface area contributed by atoms with Crippen LogP contribution in [0.15, 0.2) is 11.0 Å². The molecule has 0 radical (unpaired) electrons. The minimum Gasteiger partial charge on any atom is -0.371 e. The summed E-state index contributed by atoms with van der Waals surface area (Å²) in [4.78, 5) is 13.5. The zero-order chi connectivity index (χ0) is 16.4. The lowest BCUT2D eigenvalue weighted by atomic mass is 9.93. The highest BCUT2D eigenvalue weighted by molar-refractivity contribution is 6.33. The number of nitrogens with two attached hydrogens (primary N) is 1. The van der Waals surface area contributed by atoms with E-state index < -0.39 is 18.3 Å². The summed E-state index contributed by atoms with van der Waals surface area (Å²) in [6, 6.07) is 0. The fraction of sp³-hybridized carbons (Fsp3) is 0.667. The molecule has 0 saturated heterocycles. The molecular formula is C12H18ClF3N4O. The van der Waals surface area contributed by atoms with Crippen molar-refractivity contribution >= 4 is 17.3 Å². The van der Waals surface area contributed by atoms with Crippen molar-refractivity contribution in [3.63, 3.8) is 0 Å². The Balaban J connectivity index is 3.07. The molecule has 0 bridgehead atoms. The highest BCUT2D eigenvalue weighted by Crippen LogP contribution is 2.24. The molecule has 1 aromatic rings. The molecule has 0 aliphatic rings. The number of hydrogen-bond acceptors (Lipinski definition) is 4. The molecule has 0 aliphatic carbocycles. The lowest BCUT2D eigenvalue weighted by Gasteiger charge is -2.30. The van der Waals surface area contributed by atoms with E-state index in [1.165, 1.54) is 0 Å². The molecular weight excluding hydrogens is 309 g/mol. The molecule has 0 atom stereocenters. The summed E-state index contributed by atoms with van der Waals surface area (Å²) in [7, 11) is 1.67. The molecule has 9 heteroatoms. The smallest absolute Gasteiger partial charge is 0.371 e. The van der Waals surface area contributed by atoms with Gasteiger partial charge in [0.2, 0.25) is 0 Å². The Morgan fingerprint density at radius 2 is 2.00 bits per heavy atom. The molecule has 0 saturated carbocycles. The SMILES string of the molecule is CN(CC(C)(C)CN)c1cnn(CC(F)(F)F)c(=O)c1Cl. The fourth-order valence-electron chi connectivity index (χ4n) is 1.80. The standard InChI is InChI=1S/C12H18ClF3N4O/c1-11(2,5-17)6-19(3)8-4-18-20(7-12(14,15)16)10(21)9(8)13/h4H,5-7,17H2,1-3H3. The zero-order valence-electron chi connectivity index (χ0n) is 12.0. The van der Waals surface area contributed by atoms with Crippen LogP contribution in [0.3, 0.4) is 0 Å². The second-order valence-electron chi connectivity index (χ2n) is 5.65. The van der Waals surface area contributed by atoms with E-state index in [-0.39, 0.29) is 16.1 Å². The fourth-order valence-corrected chi connectivity index (χ4v) is 2.09. The highest BCUT2D eigenvalue weighted by atomic mass is 35.5. The van der Waals surface area contributed by atoms with Gasteiger partial charge in [0.25, 0.3) is 5.56 Å². The summed E-state index contributed by atoms with van der Waals surface area (Å²) < 4.78 is 37.2. The highest BCUT2D eigenvalue weighted by Gasteiger charge is 2.30. The van der Waals surface area contributed by atoms with Crippen LogP contribution in [0.25, 0.3) is 0 Å². The van der Waals surface area contributed by atoms with Crippen molar-refractivity contribution in [2.24, 2.45) is 11.1 Å². The van der Waals surface area contributed by atoms with Crippen LogP contribution in [0.1, 0.15) is 13.8 Å². The van der Waals surface area contributed by atoms with E-state index in [2.05, 4.69) is 5.10 Å². The molecule has 120 valence electrons. The van der Waals surface area contributed by atoms with Gasteiger partial charge in [-0.25, -0.2) is 4.68 Å². The van der Waals surface area contributed by atoms with Crippen molar-refractivity contribution in [2.45, 2.75) is 26.6 Å². The van der Waals surface area contributed by atoms with Gasteiger partial charge in [-0.3, -0.25) is 4.79 Å². The maximum Gasteiger partial charge on any atom is 0.408 e. The molecule has 0 unspecified atom stereocenters. The van der Waals surface area contributed by atoms with Gasteiger partial charge < -0.3 is 10.6 Å². The van der Waals surface area contributed by atoms with Gasteiger partial charge in [0.05, 0.1) is 11.9 Å². The van der Waals surface area contributed by atoms with Crippen LogP contribution in [-0.2, 0) is 6.54 Å². The van der Waals surface area contributed by atoms with Gasteiger partial charge in [-0.2, -0.15) is 18.3 Å². The van der Waals surface area contributed by atoms with Gasteiger partial charge >= 0.3 is 6.18 Å². The lowest BCUT2D eigenvalue weighted by Crippen LogP contribution is -2.38. The zero-order valence-corrected chi connectivity index (χ0v) is 12.8. The van der Waals surface area contributed by atoms with E-state index in [1.807, 2.05) is 13.8 Å². The third-order valence-electron chi connectivity index (χ3n) is 2.92. The largest absolute Gasteiger partial charge is 0.408 e. The Kier molecular flexibility index (Phi) is 5.27. The van der Waals surface area contributed by atoms with Crippen LogP contribution >= 0.6 is 11.6 Å². The summed E-state index contributed by atoms with van der Waals surface area (Å²) in [5.74, 6) is 0. The molecule has 0 aliphatic heterocycles. The summed E-state index contributed by atoms with van der Waals surface area (Å²) in [6.45, 7) is 3.27. The van der Waals surface area contributed by atoms with Gasteiger partial charge in [-0.1, -0.05) is 25.4 Å². The first kappa shape index (κ1) is 17.8. The molecule has 5 nitrogen and oxygen atoms in total. The van der Waals surface area contributed by atoms with Crippen molar-refractivity contribution in [2.75, 3.05) is 25.0 Å². The van der Waals surface area contributed by atoms with E-state index in [1.54, 1.807) is 11.9 Å². The Bertz CT molecular complexity index is 556. The number of anilines is 1. The Morgan fingerprint density at radius 1 is 1.43 bits per heavy atom. The number of rotatable bonds is 5. The van der Waals surface area contributed by atoms with Gasteiger partial charge in [-0.05, 0) is 12.0 Å². The maximum absolute atomic E-state index is 12.3. The second-order valence-corrected chi connectivity index (χ2v) is 6.02. The number of nitrogens with zero attached hydrogens (tertiary/aromatic N) is 3. The molecule has 21 heavy (non-hydrogen) atoms. The second kappa shape index (κ2) is 6.23. The van der Waals surface area contributed by atoms with Crippen LogP contribution in [0.2, 0.25) is 5.02 Å². The van der Waals surface area contributed by atoms with E-state index in [0.29, 0.717) is 17.8 Å². The lowest BCUT2D eigenvalue weighted by molar-refractivity contribution is -0.143. The first-order valence-electron chi connectivity index (χ1n) is 6.20. The Labute approximate surface area is 125 Å². The summed E-state index contributed by atoms with van der Waals surface area (Å²) in [5, 5.41) is 3.24. The molecule has 1 heterocycles. The number of aromatic nitrogens is 2. The first-order chi connectivity index (χ1) is 9.47. The van der Waals surface area contributed by atoms with Crippen molar-refractivity contribution < 1.29 is 13.2 Å². The van der Waals surface area contributed by atoms with Crippen molar-refractivity contribution in [1.82, 2.24) is 9.78 Å². The van der Waals surface area contributed by atoms with Crippen molar-refractivity contribution in [1.29, 1.82) is 0 Å². The molecule has 0 amide bonds. The van der Waals surface area contributed by atoms with Crippen LogP contribution < -0.4 is 16.2 Å². The molecule has 1 rings (SSSR count). The van der Waals surface area contributed by atoms with Crippen LogP contribution in [0, 0.1) is 5.41 Å². The maximum atomic E-state index is 12.3. The predicted molar refractivity (Wildman–Crippen MR) is 75.7 cm³/mol. The van der Waals surface area contributed by atoms with Gasteiger partial charge in [0, 0.05) is 13.6 Å². The average molecular weight is 327 g/mol. The van der Waals surface area contributed by atoms with E-state index in [9.17, 15) is 18.0 Å². The molecule has 1 aromatic heterocycles. The minimum atomic E-state index is -4.53. The quantitative estimate of drug-likeness (QED) is 0.897. The Hall–Kier alpha value is -1.28.